The number of rotatable bonds is 7. The van der Waals surface area contributed by atoms with Crippen molar-refractivity contribution in [2.45, 2.75) is 49.6 Å². The molecule has 1 aromatic carbocycles. The molecule has 3 rings (SSSR count). The topological polar surface area (TPSA) is 55.8 Å². The van der Waals surface area contributed by atoms with Gasteiger partial charge >= 0.3 is 0 Å². The van der Waals surface area contributed by atoms with Gasteiger partial charge in [-0.15, -0.1) is 0 Å². The molecule has 0 N–H and O–H groups in total. The van der Waals surface area contributed by atoms with Crippen LogP contribution >= 0.6 is 15.9 Å². The number of sulfonamides is 1. The third-order valence-electron chi connectivity index (χ3n) is 4.61. The molecule has 2 saturated carbocycles. The van der Waals surface area contributed by atoms with Crippen LogP contribution in [0, 0.1) is 5.92 Å². The summed E-state index contributed by atoms with van der Waals surface area (Å²) in [5, 5.41) is 0. The second-order valence-electron chi connectivity index (χ2n) is 6.28. The Bertz CT molecular complexity index is 698. The molecule has 0 aliphatic heterocycles. The maximum absolute atomic E-state index is 13.3. The highest BCUT2D eigenvalue weighted by Crippen LogP contribution is 2.44. The third-order valence-corrected chi connectivity index (χ3v) is 7.60. The van der Waals surface area contributed by atoms with Gasteiger partial charge in [-0.05, 0) is 60.5 Å². The quantitative estimate of drug-likeness (QED) is 0.699. The zero-order valence-electron chi connectivity index (χ0n) is 13.6. The summed E-state index contributed by atoms with van der Waals surface area (Å²) in [7, 11) is -0.540. The molecule has 0 amide bonds. The summed E-state index contributed by atoms with van der Waals surface area (Å²) in [5.74, 6) is 1.42. The lowest BCUT2D eigenvalue weighted by molar-refractivity contribution is 0.301. The number of nitrogens with zero attached hydrogens (tertiary/aromatic N) is 1. The average molecular weight is 404 g/mol. The summed E-state index contributed by atoms with van der Waals surface area (Å²) < 4.78 is 39.3. The minimum atomic E-state index is -3.58. The summed E-state index contributed by atoms with van der Waals surface area (Å²) in [6, 6.07) is 3.38. The average Bonchev–Trinajstić information content (AvgIpc) is 3.37. The van der Waals surface area contributed by atoms with Crippen molar-refractivity contribution in [1.29, 1.82) is 0 Å². The Kier molecular flexibility index (Phi) is 4.64. The number of benzene rings is 1. The van der Waals surface area contributed by atoms with Gasteiger partial charge in [0.15, 0.2) is 11.5 Å². The van der Waals surface area contributed by atoms with Crippen LogP contribution in [0.25, 0.3) is 0 Å². The van der Waals surface area contributed by atoms with Gasteiger partial charge in [0.1, 0.15) is 4.90 Å². The van der Waals surface area contributed by atoms with Gasteiger partial charge in [-0.3, -0.25) is 0 Å². The van der Waals surface area contributed by atoms with Gasteiger partial charge < -0.3 is 9.47 Å². The molecule has 1 aromatic rings. The predicted molar refractivity (Wildman–Crippen MR) is 91.5 cm³/mol. The number of methoxy groups -OCH3 is 2. The van der Waals surface area contributed by atoms with E-state index in [1.54, 1.807) is 16.4 Å². The fourth-order valence-corrected chi connectivity index (χ4v) is 5.95. The van der Waals surface area contributed by atoms with Crippen LogP contribution in [0.2, 0.25) is 0 Å². The van der Waals surface area contributed by atoms with Crippen molar-refractivity contribution >= 4 is 26.0 Å². The fraction of sp³-hybridized carbons (Fsp3) is 0.625. The molecule has 5 nitrogen and oxygen atoms in total. The largest absolute Gasteiger partial charge is 0.493 e. The molecule has 0 bridgehead atoms. The summed E-state index contributed by atoms with van der Waals surface area (Å²) in [6.45, 7) is 2.03. The van der Waals surface area contributed by atoms with E-state index in [1.165, 1.54) is 14.2 Å². The molecule has 0 heterocycles. The maximum Gasteiger partial charge on any atom is 0.244 e. The molecule has 0 aromatic heterocycles. The molecule has 0 radical (unpaired) electrons. The molecular weight excluding hydrogens is 382 g/mol. The number of hydrogen-bond acceptors (Lipinski definition) is 4. The van der Waals surface area contributed by atoms with E-state index in [0.29, 0.717) is 21.9 Å². The molecule has 7 heteroatoms. The van der Waals surface area contributed by atoms with E-state index >= 15 is 0 Å². The zero-order valence-corrected chi connectivity index (χ0v) is 16.0. The van der Waals surface area contributed by atoms with E-state index in [-0.39, 0.29) is 17.0 Å². The SMILES string of the molecule is COc1cc(Br)c(S(=O)(=O)N(C2CC2)C(C)C2CC2)cc1OC. The van der Waals surface area contributed by atoms with Gasteiger partial charge in [0.2, 0.25) is 10.0 Å². The number of ether oxygens (including phenoxy) is 2. The summed E-state index contributed by atoms with van der Waals surface area (Å²) >= 11 is 3.39. The van der Waals surface area contributed by atoms with Gasteiger partial charge in [0.05, 0.1) is 14.2 Å². The van der Waals surface area contributed by atoms with Crippen LogP contribution in [0.15, 0.2) is 21.5 Å². The van der Waals surface area contributed by atoms with Crippen molar-refractivity contribution in [2.24, 2.45) is 5.92 Å². The second-order valence-corrected chi connectivity index (χ2v) is 8.95. The standard InChI is InChI=1S/C16H22BrNO4S/c1-10(11-4-5-11)18(12-6-7-12)23(19,20)16-9-15(22-3)14(21-2)8-13(16)17/h8-12H,4-7H2,1-3H3. The van der Waals surface area contributed by atoms with Crippen molar-refractivity contribution in [1.82, 2.24) is 4.31 Å². The van der Waals surface area contributed by atoms with Crippen LogP contribution in [-0.2, 0) is 10.0 Å². The van der Waals surface area contributed by atoms with E-state index in [4.69, 9.17) is 9.47 Å². The minimum Gasteiger partial charge on any atom is -0.493 e. The molecule has 2 fully saturated rings. The van der Waals surface area contributed by atoms with Crippen molar-refractivity contribution in [3.8, 4) is 11.5 Å². The van der Waals surface area contributed by atoms with Crippen molar-refractivity contribution in [3.63, 3.8) is 0 Å². The first-order valence-electron chi connectivity index (χ1n) is 7.85. The summed E-state index contributed by atoms with van der Waals surface area (Å²) in [5.41, 5.74) is 0. The van der Waals surface area contributed by atoms with Crippen molar-refractivity contribution in [2.75, 3.05) is 14.2 Å². The molecule has 23 heavy (non-hydrogen) atoms. The van der Waals surface area contributed by atoms with Gasteiger partial charge in [0, 0.05) is 22.6 Å². The van der Waals surface area contributed by atoms with Crippen LogP contribution < -0.4 is 9.47 Å². The first-order chi connectivity index (χ1) is 10.9. The molecule has 0 spiro atoms. The molecule has 2 aliphatic rings. The van der Waals surface area contributed by atoms with Crippen LogP contribution in [0.5, 0.6) is 11.5 Å². The van der Waals surface area contributed by atoms with Crippen molar-refractivity contribution in [3.05, 3.63) is 16.6 Å². The Balaban J connectivity index is 2.03. The van der Waals surface area contributed by atoms with Gasteiger partial charge in [-0.2, -0.15) is 4.31 Å². The number of halogens is 1. The molecule has 1 atom stereocenters. The highest BCUT2D eigenvalue weighted by atomic mass is 79.9. The Morgan fingerprint density at radius 3 is 2.17 bits per heavy atom. The normalized spacial score (nSPS) is 19.7. The lowest BCUT2D eigenvalue weighted by Crippen LogP contribution is -2.41. The molecule has 128 valence electrons. The predicted octanol–water partition coefficient (Wildman–Crippen LogP) is 3.42. The molecule has 0 saturated heterocycles. The highest BCUT2D eigenvalue weighted by molar-refractivity contribution is 9.10. The van der Waals surface area contributed by atoms with Crippen LogP contribution in [0.4, 0.5) is 0 Å². The third kappa shape index (κ3) is 3.23. The Labute approximate surface area is 146 Å². The highest BCUT2D eigenvalue weighted by Gasteiger charge is 2.46. The maximum atomic E-state index is 13.3. The number of hydrogen-bond donors (Lipinski definition) is 0. The van der Waals surface area contributed by atoms with E-state index < -0.39 is 10.0 Å². The lowest BCUT2D eigenvalue weighted by atomic mass is 10.2. The fourth-order valence-electron chi connectivity index (χ4n) is 3.01. The monoisotopic (exact) mass is 403 g/mol. The zero-order chi connectivity index (χ0) is 16.8. The Hall–Kier alpha value is -0.790. The van der Waals surface area contributed by atoms with E-state index in [9.17, 15) is 8.42 Å². The van der Waals surface area contributed by atoms with E-state index in [1.807, 2.05) is 6.92 Å². The Morgan fingerprint density at radius 1 is 1.13 bits per heavy atom. The van der Waals surface area contributed by atoms with Crippen LogP contribution in [0.3, 0.4) is 0 Å². The smallest absolute Gasteiger partial charge is 0.244 e. The van der Waals surface area contributed by atoms with Crippen LogP contribution in [-0.4, -0.2) is 39.0 Å². The van der Waals surface area contributed by atoms with Gasteiger partial charge in [0.25, 0.3) is 0 Å². The Morgan fingerprint density at radius 2 is 1.70 bits per heavy atom. The molecule has 1 unspecified atom stereocenters. The first kappa shape index (κ1) is 17.0. The molecule has 2 aliphatic carbocycles. The molecular formula is C16H22BrNO4S. The lowest BCUT2D eigenvalue weighted by Gasteiger charge is -2.29. The second kappa shape index (κ2) is 6.26. The summed E-state index contributed by atoms with van der Waals surface area (Å²) in [4.78, 5) is 0.245. The van der Waals surface area contributed by atoms with E-state index in [2.05, 4.69) is 15.9 Å². The van der Waals surface area contributed by atoms with Gasteiger partial charge in [-0.1, -0.05) is 0 Å². The first-order valence-corrected chi connectivity index (χ1v) is 10.1. The summed E-state index contributed by atoms with van der Waals surface area (Å²) in [6.07, 6.45) is 4.13. The van der Waals surface area contributed by atoms with Crippen LogP contribution in [0.1, 0.15) is 32.6 Å². The van der Waals surface area contributed by atoms with E-state index in [0.717, 1.165) is 25.7 Å². The minimum absolute atomic E-state index is 0.0486. The van der Waals surface area contributed by atoms with Crippen molar-refractivity contribution < 1.29 is 17.9 Å². The van der Waals surface area contributed by atoms with Gasteiger partial charge in [-0.25, -0.2) is 8.42 Å².